The van der Waals surface area contributed by atoms with Crippen LogP contribution in [0.3, 0.4) is 0 Å². The van der Waals surface area contributed by atoms with Crippen molar-refractivity contribution in [2.45, 2.75) is 70.8 Å². The topological polar surface area (TPSA) is 49.8 Å². The smallest absolute Gasteiger partial charge is 0.254 e. The molecule has 25 heavy (non-hydrogen) atoms. The largest absolute Gasteiger partial charge is 0.413 e. The van der Waals surface area contributed by atoms with Crippen molar-refractivity contribution in [1.29, 1.82) is 0 Å². The molecule has 0 aliphatic carbocycles. The van der Waals surface area contributed by atoms with Gasteiger partial charge in [0.15, 0.2) is 8.32 Å². The van der Waals surface area contributed by atoms with Crippen LogP contribution in [0.4, 0.5) is 0 Å². The van der Waals surface area contributed by atoms with E-state index in [0.717, 1.165) is 31.4 Å². The first-order valence-electron chi connectivity index (χ1n) is 9.31. The summed E-state index contributed by atoms with van der Waals surface area (Å²) in [6.07, 6.45) is 2.96. The van der Waals surface area contributed by atoms with Crippen molar-refractivity contribution in [2.24, 2.45) is 0 Å². The lowest BCUT2D eigenvalue weighted by molar-refractivity contribution is 0.0500. The van der Waals surface area contributed by atoms with Crippen LogP contribution in [0.5, 0.6) is 0 Å². The van der Waals surface area contributed by atoms with Crippen LogP contribution < -0.4 is 0 Å². The van der Waals surface area contributed by atoms with Gasteiger partial charge in [-0.15, -0.1) is 0 Å². The van der Waals surface area contributed by atoms with Crippen LogP contribution in [0.1, 0.15) is 56.0 Å². The second-order valence-electron chi connectivity index (χ2n) is 8.54. The first-order valence-corrected chi connectivity index (χ1v) is 12.2. The lowest BCUT2D eigenvalue weighted by Gasteiger charge is -2.37. The number of aliphatic hydroxyl groups is 1. The predicted molar refractivity (Wildman–Crippen MR) is 104 cm³/mol. The molecule has 1 aliphatic rings. The number of nitrogens with zero attached hydrogens (tertiary/aromatic N) is 1. The lowest BCUT2D eigenvalue weighted by Crippen LogP contribution is -2.46. The van der Waals surface area contributed by atoms with Gasteiger partial charge in [-0.3, -0.25) is 4.79 Å². The number of hydrogen-bond acceptors (Lipinski definition) is 3. The maximum Gasteiger partial charge on any atom is 0.254 e. The number of aliphatic hydroxyl groups excluding tert-OH is 1. The van der Waals surface area contributed by atoms with E-state index in [0.29, 0.717) is 12.2 Å². The molecule has 5 heteroatoms. The molecule has 1 aromatic carbocycles. The predicted octanol–water partition coefficient (Wildman–Crippen LogP) is 4.20. The quantitative estimate of drug-likeness (QED) is 0.798. The second kappa shape index (κ2) is 8.02. The zero-order valence-electron chi connectivity index (χ0n) is 16.3. The SMILES string of the molecule is CC(C)(C)[Si](C)(C)OCc1ccccc1C(=O)N1CCCC[C@H]1CO. The molecule has 0 bridgehead atoms. The molecule has 0 unspecified atom stereocenters. The number of amides is 1. The Labute approximate surface area is 153 Å². The van der Waals surface area contributed by atoms with Gasteiger partial charge in [0, 0.05) is 12.1 Å². The minimum Gasteiger partial charge on any atom is -0.413 e. The van der Waals surface area contributed by atoms with Gasteiger partial charge in [-0.2, -0.15) is 0 Å². The van der Waals surface area contributed by atoms with Gasteiger partial charge >= 0.3 is 0 Å². The summed E-state index contributed by atoms with van der Waals surface area (Å²) in [6.45, 7) is 12.3. The van der Waals surface area contributed by atoms with Crippen LogP contribution in [-0.2, 0) is 11.0 Å². The average molecular weight is 364 g/mol. The van der Waals surface area contributed by atoms with Crippen molar-refractivity contribution < 1.29 is 14.3 Å². The number of carbonyl (C=O) groups excluding carboxylic acids is 1. The molecule has 1 atom stereocenters. The van der Waals surface area contributed by atoms with Gasteiger partial charge in [-0.25, -0.2) is 0 Å². The Morgan fingerprint density at radius 2 is 1.96 bits per heavy atom. The van der Waals surface area contributed by atoms with E-state index >= 15 is 0 Å². The van der Waals surface area contributed by atoms with Crippen LogP contribution in [0.2, 0.25) is 18.1 Å². The monoisotopic (exact) mass is 363 g/mol. The number of piperidine rings is 1. The van der Waals surface area contributed by atoms with Gasteiger partial charge in [0.1, 0.15) is 0 Å². The van der Waals surface area contributed by atoms with Crippen LogP contribution in [-0.4, -0.2) is 43.4 Å². The van der Waals surface area contributed by atoms with Gasteiger partial charge in [0.2, 0.25) is 0 Å². The Morgan fingerprint density at radius 1 is 1.28 bits per heavy atom. The van der Waals surface area contributed by atoms with E-state index in [-0.39, 0.29) is 23.6 Å². The Hall–Kier alpha value is -1.17. The summed E-state index contributed by atoms with van der Waals surface area (Å²) < 4.78 is 6.33. The third kappa shape index (κ3) is 4.71. The molecule has 2 rings (SSSR count). The fourth-order valence-corrected chi connectivity index (χ4v) is 3.89. The molecule has 4 nitrogen and oxygen atoms in total. The highest BCUT2D eigenvalue weighted by atomic mass is 28.4. The Bertz CT molecular complexity index is 595. The normalized spacial score (nSPS) is 19.1. The van der Waals surface area contributed by atoms with E-state index < -0.39 is 8.32 Å². The number of hydrogen-bond donors (Lipinski definition) is 1. The third-order valence-electron chi connectivity index (χ3n) is 5.74. The zero-order valence-corrected chi connectivity index (χ0v) is 17.3. The zero-order chi connectivity index (χ0) is 18.7. The Kier molecular flexibility index (Phi) is 6.46. The molecule has 140 valence electrons. The summed E-state index contributed by atoms with van der Waals surface area (Å²) in [6, 6.07) is 7.67. The van der Waals surface area contributed by atoms with E-state index in [2.05, 4.69) is 33.9 Å². The molecule has 1 aliphatic heterocycles. The van der Waals surface area contributed by atoms with Gasteiger partial charge < -0.3 is 14.4 Å². The van der Waals surface area contributed by atoms with Crippen molar-refractivity contribution in [3.8, 4) is 0 Å². The molecule has 1 N–H and O–H groups in total. The lowest BCUT2D eigenvalue weighted by atomic mass is 10.00. The first kappa shape index (κ1) is 20.1. The fourth-order valence-electron chi connectivity index (χ4n) is 2.94. The summed E-state index contributed by atoms with van der Waals surface area (Å²) in [5.41, 5.74) is 1.65. The van der Waals surface area contributed by atoms with E-state index in [1.807, 2.05) is 29.2 Å². The summed E-state index contributed by atoms with van der Waals surface area (Å²) in [5, 5.41) is 9.75. The van der Waals surface area contributed by atoms with Gasteiger partial charge in [0.25, 0.3) is 5.91 Å². The number of likely N-dealkylation sites (tertiary alicyclic amines) is 1. The molecular formula is C20H33NO3Si. The van der Waals surface area contributed by atoms with E-state index in [1.54, 1.807) is 0 Å². The molecule has 0 saturated carbocycles. The standard InChI is InChI=1S/C20H33NO3Si/c1-20(2,3)25(4,5)24-15-16-10-6-7-12-18(16)19(23)21-13-9-8-11-17(21)14-22/h6-7,10,12,17,22H,8-9,11,13-15H2,1-5H3/t17-/m0/s1. The highest BCUT2D eigenvalue weighted by Crippen LogP contribution is 2.37. The number of rotatable bonds is 5. The first-order chi connectivity index (χ1) is 11.7. The van der Waals surface area contributed by atoms with Crippen LogP contribution in [0.15, 0.2) is 24.3 Å². The summed E-state index contributed by atoms with van der Waals surface area (Å²) in [7, 11) is -1.87. The molecule has 1 saturated heterocycles. The van der Waals surface area contributed by atoms with Crippen molar-refractivity contribution in [1.82, 2.24) is 4.90 Å². The molecule has 1 aromatic rings. The second-order valence-corrected chi connectivity index (χ2v) is 13.3. The minimum absolute atomic E-state index is 0.0215. The van der Waals surface area contributed by atoms with Crippen LogP contribution >= 0.6 is 0 Å². The fraction of sp³-hybridized carbons (Fsp3) is 0.650. The number of carbonyl (C=O) groups is 1. The van der Waals surface area contributed by atoms with Crippen LogP contribution in [0.25, 0.3) is 0 Å². The van der Waals surface area contributed by atoms with Gasteiger partial charge in [-0.05, 0) is 49.0 Å². The van der Waals surface area contributed by atoms with Crippen molar-refractivity contribution in [3.05, 3.63) is 35.4 Å². The average Bonchev–Trinajstić information content (AvgIpc) is 2.58. The highest BCUT2D eigenvalue weighted by Gasteiger charge is 2.37. The number of benzene rings is 1. The van der Waals surface area contributed by atoms with Gasteiger partial charge in [-0.1, -0.05) is 39.0 Å². The molecular weight excluding hydrogens is 330 g/mol. The maximum atomic E-state index is 13.1. The van der Waals surface area contributed by atoms with E-state index in [4.69, 9.17) is 4.43 Å². The molecule has 1 fully saturated rings. The summed E-state index contributed by atoms with van der Waals surface area (Å²) in [4.78, 5) is 14.9. The van der Waals surface area contributed by atoms with Crippen molar-refractivity contribution >= 4 is 14.2 Å². The summed E-state index contributed by atoms with van der Waals surface area (Å²) in [5.74, 6) is 0.0215. The van der Waals surface area contributed by atoms with E-state index in [9.17, 15) is 9.90 Å². The molecule has 1 heterocycles. The molecule has 0 radical (unpaired) electrons. The van der Waals surface area contributed by atoms with Gasteiger partial charge in [0.05, 0.1) is 19.3 Å². The van der Waals surface area contributed by atoms with E-state index in [1.165, 1.54) is 0 Å². The highest BCUT2D eigenvalue weighted by molar-refractivity contribution is 6.74. The van der Waals surface area contributed by atoms with Crippen molar-refractivity contribution in [2.75, 3.05) is 13.2 Å². The van der Waals surface area contributed by atoms with Crippen LogP contribution in [0, 0.1) is 0 Å². The Balaban J connectivity index is 2.18. The third-order valence-corrected chi connectivity index (χ3v) is 10.2. The van der Waals surface area contributed by atoms with Crippen molar-refractivity contribution in [3.63, 3.8) is 0 Å². The minimum atomic E-state index is -1.87. The molecule has 0 spiro atoms. The molecule has 1 amide bonds. The summed E-state index contributed by atoms with van der Waals surface area (Å²) >= 11 is 0. The maximum absolute atomic E-state index is 13.1. The molecule has 0 aromatic heterocycles. The Morgan fingerprint density at radius 3 is 2.60 bits per heavy atom.